The first-order chi connectivity index (χ1) is 13.4. The molecule has 0 saturated carbocycles. The van der Waals surface area contributed by atoms with E-state index in [9.17, 15) is 4.79 Å². The number of guanidine groups is 1. The standard InChI is InChI=1S/C19H33N5O3S/c1-19(2,3)27-18(25)22-8-7-21-17(20-4)23-14-15(16-6-5-13-28-16)24-9-11-26-12-10-24/h5-6,13,15H,7-12,14H2,1-4H3,(H,22,25)(H2,20,21,23). The molecule has 0 bridgehead atoms. The number of hydrogen-bond acceptors (Lipinski definition) is 6. The first kappa shape index (κ1) is 22.4. The number of aliphatic imine (C=N–C) groups is 1. The Morgan fingerprint density at radius 1 is 1.29 bits per heavy atom. The summed E-state index contributed by atoms with van der Waals surface area (Å²) in [4.78, 5) is 19.7. The molecule has 2 rings (SSSR count). The molecule has 9 heteroatoms. The maximum absolute atomic E-state index is 11.7. The van der Waals surface area contributed by atoms with Crippen molar-refractivity contribution in [3.63, 3.8) is 0 Å². The van der Waals surface area contributed by atoms with Gasteiger partial charge in [-0.2, -0.15) is 0 Å². The van der Waals surface area contributed by atoms with Crippen LogP contribution < -0.4 is 16.0 Å². The quantitative estimate of drug-likeness (QED) is 0.360. The van der Waals surface area contributed by atoms with Crippen LogP contribution in [0.25, 0.3) is 0 Å². The minimum Gasteiger partial charge on any atom is -0.444 e. The van der Waals surface area contributed by atoms with Crippen LogP contribution in [0, 0.1) is 0 Å². The molecule has 2 heterocycles. The van der Waals surface area contributed by atoms with Gasteiger partial charge in [0.1, 0.15) is 5.60 Å². The van der Waals surface area contributed by atoms with Gasteiger partial charge in [-0.3, -0.25) is 9.89 Å². The first-order valence-electron chi connectivity index (χ1n) is 9.65. The molecule has 1 unspecified atom stereocenters. The van der Waals surface area contributed by atoms with Crippen LogP contribution in [-0.4, -0.2) is 75.5 Å². The molecule has 1 aliphatic heterocycles. The van der Waals surface area contributed by atoms with Gasteiger partial charge in [0.2, 0.25) is 0 Å². The lowest BCUT2D eigenvalue weighted by molar-refractivity contribution is 0.0177. The monoisotopic (exact) mass is 411 g/mol. The van der Waals surface area contributed by atoms with Gasteiger partial charge in [-0.15, -0.1) is 11.3 Å². The predicted molar refractivity (Wildman–Crippen MR) is 113 cm³/mol. The molecule has 0 aromatic carbocycles. The van der Waals surface area contributed by atoms with Crippen molar-refractivity contribution < 1.29 is 14.3 Å². The zero-order valence-electron chi connectivity index (χ0n) is 17.3. The van der Waals surface area contributed by atoms with Gasteiger partial charge < -0.3 is 25.4 Å². The van der Waals surface area contributed by atoms with E-state index in [4.69, 9.17) is 9.47 Å². The van der Waals surface area contributed by atoms with E-state index in [1.165, 1.54) is 4.88 Å². The van der Waals surface area contributed by atoms with Gasteiger partial charge in [0.05, 0.1) is 19.3 Å². The van der Waals surface area contributed by atoms with Crippen molar-refractivity contribution in [2.45, 2.75) is 32.4 Å². The van der Waals surface area contributed by atoms with Crippen LogP contribution in [0.15, 0.2) is 22.5 Å². The molecule has 8 nitrogen and oxygen atoms in total. The number of ether oxygens (including phenoxy) is 2. The molecule has 1 aromatic rings. The molecular weight excluding hydrogens is 378 g/mol. The molecule has 1 atom stereocenters. The number of morpholine rings is 1. The van der Waals surface area contributed by atoms with Crippen LogP contribution in [0.4, 0.5) is 4.79 Å². The minimum absolute atomic E-state index is 0.280. The molecule has 0 radical (unpaired) electrons. The summed E-state index contributed by atoms with van der Waals surface area (Å²) in [5.41, 5.74) is -0.495. The number of carbonyl (C=O) groups excluding carboxylic acids is 1. The van der Waals surface area contributed by atoms with Crippen LogP contribution in [0.2, 0.25) is 0 Å². The van der Waals surface area contributed by atoms with Crippen LogP contribution in [0.5, 0.6) is 0 Å². The normalized spacial score (nSPS) is 17.1. The number of amides is 1. The molecule has 0 spiro atoms. The number of nitrogens with zero attached hydrogens (tertiary/aromatic N) is 2. The second-order valence-corrected chi connectivity index (χ2v) is 8.47. The molecule has 1 aliphatic rings. The highest BCUT2D eigenvalue weighted by Crippen LogP contribution is 2.25. The van der Waals surface area contributed by atoms with Crippen LogP contribution in [-0.2, 0) is 9.47 Å². The molecule has 1 amide bonds. The van der Waals surface area contributed by atoms with E-state index in [-0.39, 0.29) is 6.04 Å². The Balaban J connectivity index is 1.77. The highest BCUT2D eigenvalue weighted by atomic mass is 32.1. The second-order valence-electron chi connectivity index (χ2n) is 7.49. The second kappa shape index (κ2) is 11.2. The van der Waals surface area contributed by atoms with Crippen LogP contribution in [0.3, 0.4) is 0 Å². The number of rotatable bonds is 7. The van der Waals surface area contributed by atoms with Crippen molar-refractivity contribution >= 4 is 23.4 Å². The predicted octanol–water partition coefficient (Wildman–Crippen LogP) is 1.81. The van der Waals surface area contributed by atoms with Crippen molar-refractivity contribution in [3.05, 3.63) is 22.4 Å². The largest absolute Gasteiger partial charge is 0.444 e. The minimum atomic E-state index is -0.495. The van der Waals surface area contributed by atoms with Crippen molar-refractivity contribution in [1.82, 2.24) is 20.9 Å². The maximum Gasteiger partial charge on any atom is 0.407 e. The summed E-state index contributed by atoms with van der Waals surface area (Å²) >= 11 is 1.77. The summed E-state index contributed by atoms with van der Waals surface area (Å²) in [5, 5.41) is 11.5. The molecule has 28 heavy (non-hydrogen) atoms. The highest BCUT2D eigenvalue weighted by Gasteiger charge is 2.23. The Morgan fingerprint density at radius 3 is 2.61 bits per heavy atom. The number of hydrogen-bond donors (Lipinski definition) is 3. The molecule has 158 valence electrons. The van der Waals surface area contributed by atoms with E-state index in [1.807, 2.05) is 20.8 Å². The maximum atomic E-state index is 11.7. The topological polar surface area (TPSA) is 87.2 Å². The smallest absolute Gasteiger partial charge is 0.407 e. The Labute approximate surface area is 171 Å². The van der Waals surface area contributed by atoms with Crippen LogP contribution >= 0.6 is 11.3 Å². The fraction of sp³-hybridized carbons (Fsp3) is 0.684. The van der Waals surface area contributed by atoms with Gasteiger partial charge in [-0.05, 0) is 32.2 Å². The molecule has 1 saturated heterocycles. The zero-order chi connectivity index (χ0) is 20.4. The summed E-state index contributed by atoms with van der Waals surface area (Å²) in [7, 11) is 1.74. The summed E-state index contributed by atoms with van der Waals surface area (Å²) in [6.45, 7) is 10.7. The lowest BCUT2D eigenvalue weighted by atomic mass is 10.2. The number of alkyl carbamates (subject to hydrolysis) is 1. The Kier molecular flexibility index (Phi) is 9.01. The van der Waals surface area contributed by atoms with Gasteiger partial charge >= 0.3 is 6.09 Å². The Hall–Kier alpha value is -1.84. The molecule has 1 fully saturated rings. The fourth-order valence-electron chi connectivity index (χ4n) is 2.85. The third-order valence-electron chi connectivity index (χ3n) is 4.13. The molecular formula is C19H33N5O3S. The molecule has 0 aliphatic carbocycles. The lowest BCUT2D eigenvalue weighted by Crippen LogP contribution is -2.47. The summed E-state index contributed by atoms with van der Waals surface area (Å²) in [6.07, 6.45) is -0.415. The van der Waals surface area contributed by atoms with Crippen molar-refractivity contribution in [2.24, 2.45) is 4.99 Å². The van der Waals surface area contributed by atoms with E-state index in [2.05, 4.69) is 43.4 Å². The van der Waals surface area contributed by atoms with Gasteiger partial charge in [0.15, 0.2) is 5.96 Å². The number of thiophene rings is 1. The number of nitrogens with one attached hydrogen (secondary N) is 3. The molecule has 3 N–H and O–H groups in total. The molecule has 1 aromatic heterocycles. The third-order valence-corrected chi connectivity index (χ3v) is 5.10. The van der Waals surface area contributed by atoms with Gasteiger partial charge in [-0.25, -0.2) is 4.79 Å². The SMILES string of the molecule is CN=C(NCCNC(=O)OC(C)(C)C)NCC(c1cccs1)N1CCOCC1. The summed E-state index contributed by atoms with van der Waals surface area (Å²) < 4.78 is 10.7. The van der Waals surface area contributed by atoms with Crippen molar-refractivity contribution in [2.75, 3.05) is 53.0 Å². The van der Waals surface area contributed by atoms with E-state index in [0.717, 1.165) is 32.8 Å². The average molecular weight is 412 g/mol. The van der Waals surface area contributed by atoms with Gasteiger partial charge in [0.25, 0.3) is 0 Å². The van der Waals surface area contributed by atoms with E-state index in [0.29, 0.717) is 19.0 Å². The summed E-state index contributed by atoms with van der Waals surface area (Å²) in [6, 6.07) is 4.54. The van der Waals surface area contributed by atoms with E-state index >= 15 is 0 Å². The Morgan fingerprint density at radius 2 is 2.00 bits per heavy atom. The number of carbonyl (C=O) groups is 1. The van der Waals surface area contributed by atoms with Gasteiger partial charge in [-0.1, -0.05) is 6.07 Å². The van der Waals surface area contributed by atoms with Crippen molar-refractivity contribution in [3.8, 4) is 0 Å². The van der Waals surface area contributed by atoms with Gasteiger partial charge in [0, 0.05) is 44.6 Å². The highest BCUT2D eigenvalue weighted by molar-refractivity contribution is 7.10. The van der Waals surface area contributed by atoms with Crippen molar-refractivity contribution in [1.29, 1.82) is 0 Å². The fourth-order valence-corrected chi connectivity index (χ4v) is 3.71. The lowest BCUT2D eigenvalue weighted by Gasteiger charge is -2.34. The van der Waals surface area contributed by atoms with E-state index < -0.39 is 11.7 Å². The zero-order valence-corrected chi connectivity index (χ0v) is 18.1. The van der Waals surface area contributed by atoms with E-state index in [1.54, 1.807) is 18.4 Å². The Bertz CT molecular complexity index is 610. The first-order valence-corrected chi connectivity index (χ1v) is 10.5. The summed E-state index contributed by atoms with van der Waals surface area (Å²) in [5.74, 6) is 0.709. The average Bonchev–Trinajstić information content (AvgIpc) is 3.17. The van der Waals surface area contributed by atoms with Crippen LogP contribution in [0.1, 0.15) is 31.7 Å². The third kappa shape index (κ3) is 8.04.